The molecule has 68 valence electrons. The van der Waals surface area contributed by atoms with Crippen molar-refractivity contribution < 1.29 is 14.3 Å². The van der Waals surface area contributed by atoms with E-state index >= 15 is 0 Å². The fourth-order valence-corrected chi connectivity index (χ4v) is 1.34. The molecule has 0 aromatic carbocycles. The molecule has 0 aliphatic carbocycles. The number of hydrogen-bond donors (Lipinski definition) is 0. The van der Waals surface area contributed by atoms with Crippen LogP contribution in [-0.2, 0) is 14.3 Å². The summed E-state index contributed by atoms with van der Waals surface area (Å²) in [5.41, 5.74) is 0. The van der Waals surface area contributed by atoms with E-state index < -0.39 is 0 Å². The summed E-state index contributed by atoms with van der Waals surface area (Å²) < 4.78 is 4.75. The number of carbonyl (C=O) groups is 2. The molecule has 1 heterocycles. The smallest absolute Gasteiger partial charge is 0.309 e. The zero-order valence-corrected chi connectivity index (χ0v) is 7.47. The molecule has 12 heavy (non-hydrogen) atoms. The maximum atomic E-state index is 10.9. The van der Waals surface area contributed by atoms with Crippen molar-refractivity contribution in [3.8, 4) is 0 Å². The van der Waals surface area contributed by atoms with E-state index in [1.165, 1.54) is 0 Å². The predicted molar refractivity (Wildman–Crippen MR) is 44.0 cm³/mol. The molecule has 0 amide bonds. The second-order valence-corrected chi connectivity index (χ2v) is 3.13. The molecule has 0 N–H and O–H groups in total. The van der Waals surface area contributed by atoms with E-state index in [9.17, 15) is 9.59 Å². The Hall–Kier alpha value is -0.570. The zero-order chi connectivity index (χ0) is 8.97. The Morgan fingerprint density at radius 1 is 1.67 bits per heavy atom. The Balaban J connectivity index is 2.22. The molecule has 0 saturated carbocycles. The minimum absolute atomic E-state index is 0.00336. The van der Waals surface area contributed by atoms with Gasteiger partial charge in [0, 0.05) is 6.42 Å². The maximum absolute atomic E-state index is 10.9. The minimum Gasteiger partial charge on any atom is -0.465 e. The highest BCUT2D eigenvalue weighted by atomic mass is 35.5. The van der Waals surface area contributed by atoms with Crippen LogP contribution in [0, 0.1) is 5.92 Å². The summed E-state index contributed by atoms with van der Waals surface area (Å²) in [6, 6.07) is 0. The van der Waals surface area contributed by atoms with Gasteiger partial charge in [0.25, 0.3) is 0 Å². The quantitative estimate of drug-likeness (QED) is 0.493. The Morgan fingerprint density at radius 2 is 2.42 bits per heavy atom. The number of halogens is 1. The molecule has 1 atom stereocenters. The lowest BCUT2D eigenvalue weighted by atomic mass is 10.0. The van der Waals surface area contributed by atoms with Crippen molar-refractivity contribution in [1.29, 1.82) is 0 Å². The number of cyclic esters (lactones) is 1. The van der Waals surface area contributed by atoms with Crippen molar-refractivity contribution in [3.05, 3.63) is 0 Å². The second kappa shape index (κ2) is 4.45. The maximum Gasteiger partial charge on any atom is 0.309 e. The van der Waals surface area contributed by atoms with Crippen LogP contribution in [0.1, 0.15) is 19.3 Å². The molecule has 1 saturated heterocycles. The number of carbonyl (C=O) groups excluding carboxylic acids is 2. The lowest BCUT2D eigenvalue weighted by Gasteiger charge is -2.02. The molecule has 0 aromatic heterocycles. The largest absolute Gasteiger partial charge is 0.465 e. The lowest BCUT2D eigenvalue weighted by molar-refractivity contribution is -0.141. The molecule has 0 spiro atoms. The molecule has 1 aliphatic heterocycles. The first-order valence-electron chi connectivity index (χ1n) is 3.98. The van der Waals surface area contributed by atoms with Crippen LogP contribution in [0.2, 0.25) is 0 Å². The van der Waals surface area contributed by atoms with Gasteiger partial charge in [-0.3, -0.25) is 9.59 Å². The van der Waals surface area contributed by atoms with E-state index in [4.69, 9.17) is 16.3 Å². The molecule has 1 rings (SSSR count). The molecule has 3 nitrogen and oxygen atoms in total. The summed E-state index contributed by atoms with van der Waals surface area (Å²) >= 11 is 5.31. The number of alkyl halides is 1. The minimum atomic E-state index is -0.169. The number of hydrogen-bond acceptors (Lipinski definition) is 3. The summed E-state index contributed by atoms with van der Waals surface area (Å²) in [7, 11) is 0. The van der Waals surface area contributed by atoms with Crippen LogP contribution in [-0.4, -0.2) is 24.2 Å². The number of ether oxygens (including phenoxy) is 1. The lowest BCUT2D eigenvalue weighted by Crippen LogP contribution is -2.10. The third-order valence-corrected chi connectivity index (χ3v) is 2.26. The first-order valence-corrected chi connectivity index (χ1v) is 4.52. The molecule has 0 bridgehead atoms. The van der Waals surface area contributed by atoms with Gasteiger partial charge in [-0.2, -0.15) is 0 Å². The highest BCUT2D eigenvalue weighted by molar-refractivity contribution is 6.27. The van der Waals surface area contributed by atoms with Crippen LogP contribution >= 0.6 is 11.6 Å². The van der Waals surface area contributed by atoms with Gasteiger partial charge in [0.2, 0.25) is 0 Å². The molecular weight excluding hydrogens is 180 g/mol. The van der Waals surface area contributed by atoms with Gasteiger partial charge in [-0.15, -0.1) is 11.6 Å². The normalized spacial score (nSPS) is 22.4. The highest BCUT2D eigenvalue weighted by Gasteiger charge is 2.26. The molecule has 0 aromatic rings. The zero-order valence-electron chi connectivity index (χ0n) is 6.72. The van der Waals surface area contributed by atoms with Crippen molar-refractivity contribution in [3.63, 3.8) is 0 Å². The van der Waals surface area contributed by atoms with E-state index in [-0.39, 0.29) is 23.6 Å². The van der Waals surface area contributed by atoms with Gasteiger partial charge in [0.15, 0.2) is 0 Å². The summed E-state index contributed by atoms with van der Waals surface area (Å²) in [6.45, 7) is 0.499. The third kappa shape index (κ3) is 2.48. The predicted octanol–water partition coefficient (Wildman–Crippen LogP) is 1.14. The summed E-state index contributed by atoms with van der Waals surface area (Å²) in [4.78, 5) is 21.7. The second-order valence-electron chi connectivity index (χ2n) is 2.86. The van der Waals surface area contributed by atoms with Crippen molar-refractivity contribution in [2.75, 3.05) is 12.5 Å². The van der Waals surface area contributed by atoms with Gasteiger partial charge in [0.05, 0.1) is 18.4 Å². The van der Waals surface area contributed by atoms with Crippen molar-refractivity contribution in [1.82, 2.24) is 0 Å². The van der Waals surface area contributed by atoms with Gasteiger partial charge in [-0.1, -0.05) is 0 Å². The third-order valence-electron chi connectivity index (χ3n) is 1.96. The molecule has 0 radical (unpaired) electrons. The number of ketones is 1. The molecule has 1 aliphatic rings. The SMILES string of the molecule is O=C(CCl)CCC1CCOC1=O. The van der Waals surface area contributed by atoms with Gasteiger partial charge < -0.3 is 4.74 Å². The standard InChI is InChI=1S/C8H11ClO3/c9-5-7(10)2-1-6-3-4-12-8(6)11/h6H,1-5H2. The van der Waals surface area contributed by atoms with Gasteiger partial charge >= 0.3 is 5.97 Å². The fraction of sp³-hybridized carbons (Fsp3) is 0.750. The van der Waals surface area contributed by atoms with Gasteiger partial charge in [-0.25, -0.2) is 0 Å². The number of rotatable bonds is 4. The van der Waals surface area contributed by atoms with Crippen LogP contribution in [0.3, 0.4) is 0 Å². The van der Waals surface area contributed by atoms with E-state index in [2.05, 4.69) is 0 Å². The van der Waals surface area contributed by atoms with Gasteiger partial charge in [0.1, 0.15) is 5.78 Å². The van der Waals surface area contributed by atoms with E-state index in [1.807, 2.05) is 0 Å². The van der Waals surface area contributed by atoms with E-state index in [1.54, 1.807) is 0 Å². The van der Waals surface area contributed by atoms with Crippen LogP contribution < -0.4 is 0 Å². The topological polar surface area (TPSA) is 43.4 Å². The summed E-state index contributed by atoms with van der Waals surface area (Å²) in [5, 5.41) is 0. The monoisotopic (exact) mass is 190 g/mol. The van der Waals surface area contributed by atoms with Gasteiger partial charge in [-0.05, 0) is 12.8 Å². The molecular formula is C8H11ClO3. The summed E-state index contributed by atoms with van der Waals surface area (Å²) in [5.74, 6) is -0.201. The average molecular weight is 191 g/mol. The Morgan fingerprint density at radius 3 is 2.92 bits per heavy atom. The summed E-state index contributed by atoms with van der Waals surface area (Å²) in [6.07, 6.45) is 1.72. The Kier molecular flexibility index (Phi) is 3.53. The molecule has 1 unspecified atom stereocenters. The number of Topliss-reactive ketones (excluding diaryl/α,β-unsaturated/α-hetero) is 1. The van der Waals surface area contributed by atoms with Crippen molar-refractivity contribution in [2.45, 2.75) is 19.3 Å². The van der Waals surface area contributed by atoms with Crippen LogP contribution in [0.5, 0.6) is 0 Å². The first-order chi connectivity index (χ1) is 5.74. The van der Waals surface area contributed by atoms with Crippen molar-refractivity contribution >= 4 is 23.4 Å². The Labute approximate surface area is 76.0 Å². The molecule has 1 fully saturated rings. The Bertz CT molecular complexity index is 191. The highest BCUT2D eigenvalue weighted by Crippen LogP contribution is 2.19. The van der Waals surface area contributed by atoms with Crippen LogP contribution in [0.4, 0.5) is 0 Å². The van der Waals surface area contributed by atoms with Crippen LogP contribution in [0.25, 0.3) is 0 Å². The van der Waals surface area contributed by atoms with Crippen LogP contribution in [0.15, 0.2) is 0 Å². The molecule has 4 heteroatoms. The van der Waals surface area contributed by atoms with Crippen molar-refractivity contribution in [2.24, 2.45) is 5.92 Å². The average Bonchev–Trinajstić information content (AvgIpc) is 2.47. The fourth-order valence-electron chi connectivity index (χ4n) is 1.20. The number of esters is 1. The van der Waals surface area contributed by atoms with E-state index in [0.717, 1.165) is 6.42 Å². The van der Waals surface area contributed by atoms with E-state index in [0.29, 0.717) is 19.4 Å². The first kappa shape index (κ1) is 9.52.